The average Bonchev–Trinajstić information content (AvgIpc) is 2.73. The van der Waals surface area contributed by atoms with Gasteiger partial charge in [0.25, 0.3) is 0 Å². The van der Waals surface area contributed by atoms with Crippen LogP contribution in [0, 0.1) is 11.8 Å². The summed E-state index contributed by atoms with van der Waals surface area (Å²) < 4.78 is 0. The number of likely N-dealkylation sites (tertiary alicyclic amines) is 1. The first-order valence-corrected chi connectivity index (χ1v) is 7.12. The largest absolute Gasteiger partial charge is 0.481 e. The van der Waals surface area contributed by atoms with Crippen LogP contribution in [0.3, 0.4) is 0 Å². The molecule has 98 valence electrons. The third kappa shape index (κ3) is 3.44. The van der Waals surface area contributed by atoms with Crippen molar-refractivity contribution in [2.24, 2.45) is 11.8 Å². The molecule has 0 aromatic heterocycles. The third-order valence-electron chi connectivity index (χ3n) is 4.70. The van der Waals surface area contributed by atoms with Crippen molar-refractivity contribution in [2.45, 2.75) is 57.9 Å². The Labute approximate surface area is 104 Å². The number of nitrogens with zero attached hydrogens (tertiary/aromatic N) is 1. The molecule has 3 heteroatoms. The zero-order valence-corrected chi connectivity index (χ0v) is 10.9. The second-order valence-corrected chi connectivity index (χ2v) is 5.89. The number of carboxylic acid groups (broad SMARTS) is 1. The number of carboxylic acids is 1. The number of piperidine rings is 1. The first-order valence-electron chi connectivity index (χ1n) is 7.12. The summed E-state index contributed by atoms with van der Waals surface area (Å²) in [6, 6.07) is 0.815. The number of aliphatic carboxylic acids is 1. The van der Waals surface area contributed by atoms with Crippen LogP contribution in [-0.2, 0) is 4.79 Å². The second kappa shape index (κ2) is 5.85. The zero-order valence-electron chi connectivity index (χ0n) is 10.9. The standard InChI is InChI=1S/C14H25NO2/c1-11-3-2-4-13(11)15-9-7-12(8-10-15)5-6-14(16)17/h11-13H,2-10H2,1H3,(H,16,17). The van der Waals surface area contributed by atoms with E-state index in [1.54, 1.807) is 0 Å². The molecule has 1 saturated carbocycles. The maximum absolute atomic E-state index is 10.5. The quantitative estimate of drug-likeness (QED) is 0.820. The van der Waals surface area contributed by atoms with E-state index in [4.69, 9.17) is 5.11 Å². The van der Waals surface area contributed by atoms with E-state index in [0.717, 1.165) is 18.4 Å². The van der Waals surface area contributed by atoms with Gasteiger partial charge in [0.1, 0.15) is 0 Å². The molecule has 0 aromatic carbocycles. The smallest absolute Gasteiger partial charge is 0.303 e. The van der Waals surface area contributed by atoms with Gasteiger partial charge < -0.3 is 10.0 Å². The van der Waals surface area contributed by atoms with Crippen LogP contribution in [0.5, 0.6) is 0 Å². The maximum Gasteiger partial charge on any atom is 0.303 e. The molecule has 0 radical (unpaired) electrons. The predicted molar refractivity (Wildman–Crippen MR) is 68.0 cm³/mol. The SMILES string of the molecule is CC1CCCC1N1CCC(CCC(=O)O)CC1. The van der Waals surface area contributed by atoms with Crippen molar-refractivity contribution in [3.63, 3.8) is 0 Å². The fraction of sp³-hybridized carbons (Fsp3) is 0.929. The molecule has 2 fully saturated rings. The lowest BCUT2D eigenvalue weighted by Crippen LogP contribution is -2.42. The lowest BCUT2D eigenvalue weighted by atomic mass is 9.90. The van der Waals surface area contributed by atoms with E-state index in [1.165, 1.54) is 45.2 Å². The average molecular weight is 239 g/mol. The minimum Gasteiger partial charge on any atom is -0.481 e. The molecule has 2 atom stereocenters. The predicted octanol–water partition coefficient (Wildman–Crippen LogP) is 2.75. The van der Waals surface area contributed by atoms with Crippen LogP contribution in [0.2, 0.25) is 0 Å². The van der Waals surface area contributed by atoms with E-state index in [-0.39, 0.29) is 0 Å². The first-order chi connectivity index (χ1) is 8.16. The molecule has 2 aliphatic rings. The van der Waals surface area contributed by atoms with Crippen LogP contribution in [-0.4, -0.2) is 35.1 Å². The van der Waals surface area contributed by atoms with Crippen molar-refractivity contribution in [1.82, 2.24) is 4.90 Å². The van der Waals surface area contributed by atoms with Gasteiger partial charge in [-0.1, -0.05) is 13.3 Å². The van der Waals surface area contributed by atoms with Gasteiger partial charge in [-0.2, -0.15) is 0 Å². The molecule has 2 unspecified atom stereocenters. The molecule has 1 aliphatic carbocycles. The van der Waals surface area contributed by atoms with Crippen LogP contribution in [0.4, 0.5) is 0 Å². The van der Waals surface area contributed by atoms with Gasteiger partial charge in [0.2, 0.25) is 0 Å². The van der Waals surface area contributed by atoms with Gasteiger partial charge in [-0.3, -0.25) is 4.79 Å². The summed E-state index contributed by atoms with van der Waals surface area (Å²) in [5, 5.41) is 8.69. The molecule has 1 aliphatic heterocycles. The fourth-order valence-electron chi connectivity index (χ4n) is 3.57. The van der Waals surface area contributed by atoms with Crippen LogP contribution in [0.1, 0.15) is 51.9 Å². The molecular weight excluding hydrogens is 214 g/mol. The highest BCUT2D eigenvalue weighted by Gasteiger charge is 2.31. The second-order valence-electron chi connectivity index (χ2n) is 5.89. The first kappa shape index (κ1) is 12.9. The lowest BCUT2D eigenvalue weighted by molar-refractivity contribution is -0.137. The molecule has 1 N–H and O–H groups in total. The molecule has 0 bridgehead atoms. The van der Waals surface area contributed by atoms with Gasteiger partial charge in [0, 0.05) is 12.5 Å². The summed E-state index contributed by atoms with van der Waals surface area (Å²) in [6.45, 7) is 4.77. The minimum absolute atomic E-state index is 0.352. The van der Waals surface area contributed by atoms with E-state index in [0.29, 0.717) is 12.3 Å². The lowest BCUT2D eigenvalue weighted by Gasteiger charge is -2.37. The Morgan fingerprint density at radius 2 is 1.94 bits per heavy atom. The number of carbonyl (C=O) groups is 1. The van der Waals surface area contributed by atoms with Crippen LogP contribution < -0.4 is 0 Å². The number of hydrogen-bond acceptors (Lipinski definition) is 2. The number of hydrogen-bond donors (Lipinski definition) is 1. The maximum atomic E-state index is 10.5. The molecule has 2 rings (SSSR count). The molecule has 1 saturated heterocycles. The molecule has 0 amide bonds. The third-order valence-corrected chi connectivity index (χ3v) is 4.70. The highest BCUT2D eigenvalue weighted by Crippen LogP contribution is 2.32. The Morgan fingerprint density at radius 3 is 2.47 bits per heavy atom. The molecule has 1 heterocycles. The Balaban J connectivity index is 1.72. The van der Waals surface area contributed by atoms with E-state index < -0.39 is 5.97 Å². The summed E-state index contributed by atoms with van der Waals surface area (Å²) in [5.41, 5.74) is 0. The molecule has 0 spiro atoms. The Bertz CT molecular complexity index is 259. The molecule has 17 heavy (non-hydrogen) atoms. The zero-order chi connectivity index (χ0) is 12.3. The van der Waals surface area contributed by atoms with Gasteiger partial charge in [0.05, 0.1) is 0 Å². The van der Waals surface area contributed by atoms with Gasteiger partial charge in [-0.15, -0.1) is 0 Å². The Morgan fingerprint density at radius 1 is 1.24 bits per heavy atom. The van der Waals surface area contributed by atoms with Crippen molar-refractivity contribution >= 4 is 5.97 Å². The van der Waals surface area contributed by atoms with E-state index in [2.05, 4.69) is 11.8 Å². The van der Waals surface area contributed by atoms with Crippen molar-refractivity contribution < 1.29 is 9.90 Å². The van der Waals surface area contributed by atoms with Crippen molar-refractivity contribution in [2.75, 3.05) is 13.1 Å². The van der Waals surface area contributed by atoms with Crippen molar-refractivity contribution in [3.05, 3.63) is 0 Å². The monoisotopic (exact) mass is 239 g/mol. The van der Waals surface area contributed by atoms with Crippen molar-refractivity contribution in [3.8, 4) is 0 Å². The summed E-state index contributed by atoms with van der Waals surface area (Å²) >= 11 is 0. The van der Waals surface area contributed by atoms with Crippen LogP contribution in [0.25, 0.3) is 0 Å². The summed E-state index contributed by atoms with van der Waals surface area (Å²) in [5.74, 6) is 0.876. The Hall–Kier alpha value is -0.570. The molecular formula is C14H25NO2. The number of rotatable bonds is 4. The highest BCUT2D eigenvalue weighted by atomic mass is 16.4. The normalized spacial score (nSPS) is 31.8. The summed E-state index contributed by atoms with van der Waals surface area (Å²) in [7, 11) is 0. The van der Waals surface area contributed by atoms with Crippen molar-refractivity contribution in [1.29, 1.82) is 0 Å². The van der Waals surface area contributed by atoms with Gasteiger partial charge >= 0.3 is 5.97 Å². The summed E-state index contributed by atoms with van der Waals surface area (Å²) in [4.78, 5) is 13.2. The van der Waals surface area contributed by atoms with E-state index in [9.17, 15) is 4.79 Å². The molecule has 0 aromatic rings. The fourth-order valence-corrected chi connectivity index (χ4v) is 3.57. The van der Waals surface area contributed by atoms with E-state index in [1.807, 2.05) is 0 Å². The van der Waals surface area contributed by atoms with E-state index >= 15 is 0 Å². The molecule has 3 nitrogen and oxygen atoms in total. The minimum atomic E-state index is -0.642. The topological polar surface area (TPSA) is 40.5 Å². The van der Waals surface area contributed by atoms with Gasteiger partial charge in [-0.25, -0.2) is 0 Å². The van der Waals surface area contributed by atoms with Gasteiger partial charge in [0.15, 0.2) is 0 Å². The highest BCUT2D eigenvalue weighted by molar-refractivity contribution is 5.66. The van der Waals surface area contributed by atoms with Crippen LogP contribution >= 0.6 is 0 Å². The van der Waals surface area contributed by atoms with Gasteiger partial charge in [-0.05, 0) is 57.0 Å². The summed E-state index contributed by atoms with van der Waals surface area (Å²) in [6.07, 6.45) is 7.80. The van der Waals surface area contributed by atoms with Crippen LogP contribution in [0.15, 0.2) is 0 Å². The Kier molecular flexibility index (Phi) is 4.43.